The smallest absolute Gasteiger partial charge is 0.261 e. The first-order chi connectivity index (χ1) is 5.53. The van der Waals surface area contributed by atoms with Crippen molar-refractivity contribution in [2.24, 2.45) is 5.92 Å². The molecule has 1 unspecified atom stereocenters. The van der Waals surface area contributed by atoms with Gasteiger partial charge in [0.15, 0.2) is 0 Å². The van der Waals surface area contributed by atoms with E-state index in [2.05, 4.69) is 0 Å². The van der Waals surface area contributed by atoms with E-state index < -0.39 is 5.92 Å². The lowest BCUT2D eigenvalue weighted by Crippen LogP contribution is -2.29. The molecule has 4 heteroatoms. The Balaban J connectivity index is 2.28. The summed E-state index contributed by atoms with van der Waals surface area (Å²) in [6.07, 6.45) is 0.00199. The summed E-state index contributed by atoms with van der Waals surface area (Å²) in [6, 6.07) is 0. The van der Waals surface area contributed by atoms with Crippen LogP contribution in [0.15, 0.2) is 0 Å². The zero-order chi connectivity index (χ0) is 9.19. The third-order valence-electron chi connectivity index (χ3n) is 2.08. The topological polar surface area (TPSA) is 3.24 Å². The molecule has 1 nitrogen and oxygen atoms in total. The highest BCUT2D eigenvalue weighted by Gasteiger charge is 2.38. The predicted molar refractivity (Wildman–Crippen MR) is 45.9 cm³/mol. The second-order valence-corrected chi connectivity index (χ2v) is 3.91. The molecule has 0 bridgehead atoms. The quantitative estimate of drug-likeness (QED) is 0.627. The van der Waals surface area contributed by atoms with Gasteiger partial charge in [0, 0.05) is 25.4 Å². The van der Waals surface area contributed by atoms with Crippen LogP contribution in [-0.4, -0.2) is 36.3 Å². The molecule has 12 heavy (non-hydrogen) atoms. The summed E-state index contributed by atoms with van der Waals surface area (Å²) in [7, 11) is 0. The maximum Gasteiger partial charge on any atom is 0.261 e. The van der Waals surface area contributed by atoms with E-state index in [0.29, 0.717) is 24.9 Å². The van der Waals surface area contributed by atoms with E-state index in [1.54, 1.807) is 4.90 Å². The monoisotopic (exact) mass is 197 g/mol. The number of halogens is 3. The fraction of sp³-hybridized carbons (Fsp3) is 1.00. The van der Waals surface area contributed by atoms with Gasteiger partial charge in [0.25, 0.3) is 5.92 Å². The van der Waals surface area contributed by atoms with Gasteiger partial charge in [-0.25, -0.2) is 8.78 Å². The number of likely N-dealkylation sites (tertiary alicyclic amines) is 1. The molecule has 0 aromatic heterocycles. The van der Waals surface area contributed by atoms with Crippen LogP contribution < -0.4 is 0 Å². The Hall–Kier alpha value is 0.110. The minimum atomic E-state index is -2.47. The Bertz CT molecular complexity index is 152. The Morgan fingerprint density at radius 1 is 1.58 bits per heavy atom. The highest BCUT2D eigenvalue weighted by molar-refractivity contribution is 6.18. The van der Waals surface area contributed by atoms with Gasteiger partial charge in [-0.2, -0.15) is 0 Å². The fourth-order valence-electron chi connectivity index (χ4n) is 1.45. The van der Waals surface area contributed by atoms with E-state index in [1.165, 1.54) is 0 Å². The molecule has 1 saturated heterocycles. The molecule has 72 valence electrons. The molecule has 1 fully saturated rings. The highest BCUT2D eigenvalue weighted by Crippen LogP contribution is 2.27. The molecular formula is C8H14ClF2N. The zero-order valence-electron chi connectivity index (χ0n) is 7.19. The molecule has 1 atom stereocenters. The van der Waals surface area contributed by atoms with Gasteiger partial charge in [-0.3, -0.25) is 4.90 Å². The van der Waals surface area contributed by atoms with Crippen molar-refractivity contribution >= 4 is 11.6 Å². The number of alkyl halides is 3. The van der Waals surface area contributed by atoms with Crippen LogP contribution in [0.1, 0.15) is 13.3 Å². The average molecular weight is 198 g/mol. The van der Waals surface area contributed by atoms with Crippen molar-refractivity contribution in [2.45, 2.75) is 19.3 Å². The summed E-state index contributed by atoms with van der Waals surface area (Å²) in [5, 5.41) is 0. The van der Waals surface area contributed by atoms with E-state index in [9.17, 15) is 8.78 Å². The van der Waals surface area contributed by atoms with Gasteiger partial charge >= 0.3 is 0 Å². The maximum atomic E-state index is 12.7. The van der Waals surface area contributed by atoms with Gasteiger partial charge in [0.2, 0.25) is 0 Å². The minimum Gasteiger partial charge on any atom is -0.297 e. The third kappa shape index (κ3) is 2.87. The van der Waals surface area contributed by atoms with Gasteiger partial charge in [0.1, 0.15) is 0 Å². The molecule has 0 aliphatic carbocycles. The molecule has 1 heterocycles. The van der Waals surface area contributed by atoms with E-state index in [-0.39, 0.29) is 13.0 Å². The lowest BCUT2D eigenvalue weighted by molar-refractivity contribution is 0.0113. The zero-order valence-corrected chi connectivity index (χ0v) is 7.95. The molecule has 1 rings (SSSR count). The van der Waals surface area contributed by atoms with Crippen molar-refractivity contribution in [1.82, 2.24) is 4.90 Å². The molecular weight excluding hydrogens is 184 g/mol. The number of nitrogens with zero attached hydrogens (tertiary/aromatic N) is 1. The lowest BCUT2D eigenvalue weighted by Gasteiger charge is -2.18. The van der Waals surface area contributed by atoms with Gasteiger partial charge in [0.05, 0.1) is 6.54 Å². The summed E-state index contributed by atoms with van der Waals surface area (Å²) < 4.78 is 25.3. The molecule has 0 radical (unpaired) electrons. The second kappa shape index (κ2) is 3.88. The molecule has 1 aliphatic rings. The van der Waals surface area contributed by atoms with E-state index in [4.69, 9.17) is 11.6 Å². The first-order valence-electron chi connectivity index (χ1n) is 4.19. The summed E-state index contributed by atoms with van der Waals surface area (Å²) in [5.74, 6) is -1.62. The van der Waals surface area contributed by atoms with Crippen LogP contribution in [0.2, 0.25) is 0 Å². The summed E-state index contributed by atoms with van der Waals surface area (Å²) in [6.45, 7) is 3.09. The molecule has 0 spiro atoms. The fourth-order valence-corrected chi connectivity index (χ4v) is 1.55. The molecule has 0 amide bonds. The Morgan fingerprint density at radius 2 is 2.25 bits per heavy atom. The highest BCUT2D eigenvalue weighted by atomic mass is 35.5. The molecule has 0 aromatic rings. The Kier molecular flexibility index (Phi) is 3.29. The first-order valence-corrected chi connectivity index (χ1v) is 4.73. The van der Waals surface area contributed by atoms with Crippen LogP contribution in [0, 0.1) is 5.92 Å². The molecule has 0 aromatic carbocycles. The summed E-state index contributed by atoms with van der Waals surface area (Å²) in [4.78, 5) is 1.78. The summed E-state index contributed by atoms with van der Waals surface area (Å²) in [5.41, 5.74) is 0. The van der Waals surface area contributed by atoms with Gasteiger partial charge < -0.3 is 0 Å². The van der Waals surface area contributed by atoms with Crippen LogP contribution >= 0.6 is 11.6 Å². The van der Waals surface area contributed by atoms with Gasteiger partial charge in [-0.05, 0) is 5.92 Å². The van der Waals surface area contributed by atoms with Crippen molar-refractivity contribution in [2.75, 3.05) is 25.5 Å². The van der Waals surface area contributed by atoms with Gasteiger partial charge in [-0.1, -0.05) is 6.92 Å². The number of hydrogen-bond donors (Lipinski definition) is 0. The normalized spacial score (nSPS) is 26.0. The first kappa shape index (κ1) is 10.2. The van der Waals surface area contributed by atoms with Crippen LogP contribution in [0.25, 0.3) is 0 Å². The Labute approximate surface area is 76.7 Å². The van der Waals surface area contributed by atoms with Crippen molar-refractivity contribution in [3.05, 3.63) is 0 Å². The summed E-state index contributed by atoms with van der Waals surface area (Å²) >= 11 is 5.59. The van der Waals surface area contributed by atoms with E-state index >= 15 is 0 Å². The standard InChI is InChI=1S/C8H14ClF2N/c1-7(4-9)5-12-3-2-8(10,11)6-12/h7H,2-6H2,1H3. The third-order valence-corrected chi connectivity index (χ3v) is 2.61. The minimum absolute atomic E-state index is 0.00199. The van der Waals surface area contributed by atoms with Crippen LogP contribution in [-0.2, 0) is 0 Å². The van der Waals surface area contributed by atoms with E-state index in [1.807, 2.05) is 6.92 Å². The predicted octanol–water partition coefficient (Wildman–Crippen LogP) is 2.20. The molecule has 1 aliphatic heterocycles. The molecule has 0 N–H and O–H groups in total. The second-order valence-electron chi connectivity index (χ2n) is 3.60. The van der Waals surface area contributed by atoms with Crippen LogP contribution in [0.5, 0.6) is 0 Å². The number of hydrogen-bond acceptors (Lipinski definition) is 1. The Morgan fingerprint density at radius 3 is 2.67 bits per heavy atom. The van der Waals surface area contributed by atoms with Crippen molar-refractivity contribution in [3.8, 4) is 0 Å². The largest absolute Gasteiger partial charge is 0.297 e. The molecule has 0 saturated carbocycles. The van der Waals surface area contributed by atoms with Gasteiger partial charge in [-0.15, -0.1) is 11.6 Å². The lowest BCUT2D eigenvalue weighted by atomic mass is 10.2. The number of rotatable bonds is 3. The SMILES string of the molecule is CC(CCl)CN1CCC(F)(F)C1. The van der Waals surface area contributed by atoms with Crippen molar-refractivity contribution < 1.29 is 8.78 Å². The maximum absolute atomic E-state index is 12.7. The van der Waals surface area contributed by atoms with Crippen LogP contribution in [0.4, 0.5) is 8.78 Å². The van der Waals surface area contributed by atoms with Crippen LogP contribution in [0.3, 0.4) is 0 Å². The van der Waals surface area contributed by atoms with E-state index in [0.717, 1.165) is 0 Å². The average Bonchev–Trinajstić information content (AvgIpc) is 2.30. The van der Waals surface area contributed by atoms with Crippen molar-refractivity contribution in [1.29, 1.82) is 0 Å². The van der Waals surface area contributed by atoms with Crippen molar-refractivity contribution in [3.63, 3.8) is 0 Å².